The molecule has 12 nitrogen and oxygen atoms in total. The number of fused-ring (bicyclic) bond motifs is 6. The largest absolute Gasteiger partial charge is 0.345 e. The van der Waals surface area contributed by atoms with Gasteiger partial charge >= 0.3 is 0 Å². The molecule has 6 aromatic heterocycles. The zero-order valence-corrected chi connectivity index (χ0v) is 30.0. The molecule has 6 aromatic rings. The first-order valence-electron chi connectivity index (χ1n) is 19.6. The van der Waals surface area contributed by atoms with Crippen LogP contribution in [0.2, 0.25) is 0 Å². The van der Waals surface area contributed by atoms with Gasteiger partial charge in [0, 0.05) is 63.3 Å². The second-order valence-electron chi connectivity index (χ2n) is 16.5. The number of piperidine rings is 2. The van der Waals surface area contributed by atoms with Crippen molar-refractivity contribution in [1.82, 2.24) is 48.5 Å². The van der Waals surface area contributed by atoms with Crippen LogP contribution in [0.4, 0.5) is 0 Å². The molecule has 2 N–H and O–H groups in total. The number of imidazole rings is 2. The summed E-state index contributed by atoms with van der Waals surface area (Å²) in [5, 5.41) is 0. The number of hydrogen-bond donors (Lipinski definition) is 2. The lowest BCUT2D eigenvalue weighted by Gasteiger charge is -2.44. The minimum Gasteiger partial charge on any atom is -0.345 e. The number of aromatic amines is 2. The Morgan fingerprint density at radius 1 is 0.692 bits per heavy atom. The van der Waals surface area contributed by atoms with Crippen LogP contribution in [0.5, 0.6) is 0 Å². The fourth-order valence-electron chi connectivity index (χ4n) is 10.1. The van der Waals surface area contributed by atoms with Crippen molar-refractivity contribution in [3.05, 3.63) is 61.0 Å². The molecule has 2 saturated heterocycles. The van der Waals surface area contributed by atoms with Gasteiger partial charge in [0.1, 0.15) is 11.6 Å². The molecule has 270 valence electrons. The van der Waals surface area contributed by atoms with Crippen molar-refractivity contribution in [2.45, 2.75) is 83.0 Å². The SMILES string of the molecule is C[C@H]1CCN(C(=O)CC2CC(C[C@@H]3CCN(C(=O)CC4CCC4)C[C@@H]3c3ncc4cnc5[nH]ccc5n34)C2)C[C@H]1c1ncc2cnc3[nH]ccc3n12. The third-order valence-corrected chi connectivity index (χ3v) is 13.4. The van der Waals surface area contributed by atoms with Gasteiger partial charge in [-0.05, 0) is 86.7 Å². The minimum absolute atomic E-state index is 0.164. The van der Waals surface area contributed by atoms with Crippen molar-refractivity contribution in [3.63, 3.8) is 0 Å². The van der Waals surface area contributed by atoms with Crippen LogP contribution in [0.25, 0.3) is 33.4 Å². The molecule has 8 heterocycles. The smallest absolute Gasteiger partial charge is 0.222 e. The highest BCUT2D eigenvalue weighted by molar-refractivity contribution is 5.78. The van der Waals surface area contributed by atoms with E-state index < -0.39 is 0 Å². The number of amides is 2. The molecular weight excluding hydrogens is 653 g/mol. The maximum Gasteiger partial charge on any atom is 0.222 e. The highest BCUT2D eigenvalue weighted by atomic mass is 16.2. The van der Waals surface area contributed by atoms with Gasteiger partial charge in [-0.3, -0.25) is 18.4 Å². The Morgan fingerprint density at radius 3 is 1.87 bits per heavy atom. The van der Waals surface area contributed by atoms with Crippen LogP contribution in [-0.4, -0.2) is 86.5 Å². The van der Waals surface area contributed by atoms with E-state index in [0.29, 0.717) is 60.8 Å². The zero-order valence-electron chi connectivity index (χ0n) is 30.0. The van der Waals surface area contributed by atoms with Gasteiger partial charge < -0.3 is 19.8 Å². The van der Waals surface area contributed by atoms with E-state index in [9.17, 15) is 9.59 Å². The molecule has 52 heavy (non-hydrogen) atoms. The number of hydrogen-bond acceptors (Lipinski definition) is 6. The lowest BCUT2D eigenvalue weighted by atomic mass is 9.66. The molecule has 0 aromatic carbocycles. The number of nitrogens with one attached hydrogen (secondary N) is 2. The fourth-order valence-corrected chi connectivity index (χ4v) is 10.1. The molecule has 0 spiro atoms. The lowest BCUT2D eigenvalue weighted by Crippen LogP contribution is -2.45. The first kappa shape index (κ1) is 32.0. The molecule has 0 unspecified atom stereocenters. The lowest BCUT2D eigenvalue weighted by molar-refractivity contribution is -0.135. The molecule has 0 radical (unpaired) electrons. The van der Waals surface area contributed by atoms with E-state index >= 15 is 0 Å². The summed E-state index contributed by atoms with van der Waals surface area (Å²) >= 11 is 0. The van der Waals surface area contributed by atoms with Crippen molar-refractivity contribution in [2.75, 3.05) is 26.2 Å². The first-order valence-corrected chi connectivity index (χ1v) is 19.6. The van der Waals surface area contributed by atoms with Crippen LogP contribution in [0.15, 0.2) is 49.3 Å². The number of carbonyl (C=O) groups excluding carboxylic acids is 2. The predicted octanol–water partition coefficient (Wildman–Crippen LogP) is 6.32. The molecule has 0 bridgehead atoms. The van der Waals surface area contributed by atoms with Crippen molar-refractivity contribution in [2.24, 2.45) is 29.6 Å². The Bertz CT molecular complexity index is 2270. The standard InChI is InChI=1S/C40H48N10O2/c1-24-7-11-47(22-31(24)39-45-20-29-18-43-37-33(49(29)39)5-9-41-37)36(52)17-27-13-26(14-27)15-28-8-12-48(35(51)16-25-3-2-4-25)23-32(28)40-46-21-30-19-44-38-34(50(30)40)6-10-42-38/h5-6,9-10,18-21,24-28,31-32,41-42H,2-4,7-8,11-17,22-23H2,1H3/t24-,26?,27?,28-,31+,32-/m0/s1. The van der Waals surface area contributed by atoms with E-state index in [-0.39, 0.29) is 11.8 Å². The van der Waals surface area contributed by atoms with E-state index in [1.807, 2.05) is 37.2 Å². The molecule has 4 aliphatic rings. The Hall–Kier alpha value is -4.74. The summed E-state index contributed by atoms with van der Waals surface area (Å²) in [6.45, 7) is 5.39. The Morgan fingerprint density at radius 2 is 1.25 bits per heavy atom. The van der Waals surface area contributed by atoms with Gasteiger partial charge in [-0.1, -0.05) is 13.3 Å². The third-order valence-electron chi connectivity index (χ3n) is 13.4. The number of rotatable bonds is 8. The van der Waals surface area contributed by atoms with Crippen molar-refractivity contribution in [3.8, 4) is 0 Å². The molecule has 4 fully saturated rings. The molecule has 2 amide bonds. The number of likely N-dealkylation sites (tertiary alicyclic amines) is 2. The number of carbonyl (C=O) groups is 2. The maximum atomic E-state index is 13.8. The monoisotopic (exact) mass is 700 g/mol. The van der Waals surface area contributed by atoms with Crippen LogP contribution in [0, 0.1) is 29.6 Å². The minimum atomic E-state index is 0.164. The van der Waals surface area contributed by atoms with E-state index in [1.165, 1.54) is 19.3 Å². The highest BCUT2D eigenvalue weighted by Crippen LogP contribution is 2.46. The molecular formula is C40H48N10O2. The fraction of sp³-hybridized carbons (Fsp3) is 0.550. The third kappa shape index (κ3) is 5.47. The van der Waals surface area contributed by atoms with E-state index in [1.54, 1.807) is 0 Å². The van der Waals surface area contributed by atoms with Gasteiger partial charge in [0.15, 0.2) is 11.3 Å². The summed E-state index contributed by atoms with van der Waals surface area (Å²) in [4.78, 5) is 57.0. The first-order chi connectivity index (χ1) is 25.5. The van der Waals surface area contributed by atoms with Crippen LogP contribution in [0.3, 0.4) is 0 Å². The summed E-state index contributed by atoms with van der Waals surface area (Å²) < 4.78 is 4.48. The van der Waals surface area contributed by atoms with E-state index in [2.05, 4.69) is 57.6 Å². The second-order valence-corrected chi connectivity index (χ2v) is 16.5. The Labute approximate surface area is 302 Å². The van der Waals surface area contributed by atoms with E-state index in [4.69, 9.17) is 9.97 Å². The average Bonchev–Trinajstić information content (AvgIpc) is 3.94. The Balaban J connectivity index is 0.811. The van der Waals surface area contributed by atoms with Gasteiger partial charge in [0.2, 0.25) is 11.8 Å². The Kier molecular flexibility index (Phi) is 7.83. The average molecular weight is 701 g/mol. The molecule has 4 atom stereocenters. The van der Waals surface area contributed by atoms with Gasteiger partial charge in [0.05, 0.1) is 46.9 Å². The van der Waals surface area contributed by atoms with Crippen LogP contribution in [0.1, 0.15) is 94.6 Å². The molecule has 2 aliphatic carbocycles. The molecule has 2 saturated carbocycles. The summed E-state index contributed by atoms with van der Waals surface area (Å²) in [5.41, 5.74) is 5.75. The number of nitrogens with zero attached hydrogens (tertiary/aromatic N) is 8. The number of H-pyrrole nitrogens is 2. The number of aromatic nitrogens is 8. The summed E-state index contributed by atoms with van der Waals surface area (Å²) in [6, 6.07) is 4.13. The predicted molar refractivity (Wildman–Crippen MR) is 198 cm³/mol. The van der Waals surface area contributed by atoms with Crippen LogP contribution >= 0.6 is 0 Å². The second kappa shape index (κ2) is 12.7. The topological polar surface area (TPSA) is 133 Å². The summed E-state index contributed by atoms with van der Waals surface area (Å²) in [6.07, 6.45) is 21.7. The van der Waals surface area contributed by atoms with E-state index in [0.717, 1.165) is 96.7 Å². The van der Waals surface area contributed by atoms with Crippen molar-refractivity contribution < 1.29 is 9.59 Å². The van der Waals surface area contributed by atoms with Crippen molar-refractivity contribution >= 4 is 45.2 Å². The quantitative estimate of drug-likeness (QED) is 0.191. The van der Waals surface area contributed by atoms with Crippen LogP contribution < -0.4 is 0 Å². The van der Waals surface area contributed by atoms with Gasteiger partial charge in [-0.15, -0.1) is 0 Å². The van der Waals surface area contributed by atoms with Gasteiger partial charge in [-0.2, -0.15) is 0 Å². The van der Waals surface area contributed by atoms with Gasteiger partial charge in [-0.25, -0.2) is 19.9 Å². The highest BCUT2D eigenvalue weighted by Gasteiger charge is 2.41. The van der Waals surface area contributed by atoms with Crippen LogP contribution in [-0.2, 0) is 9.59 Å². The molecule has 12 heteroatoms. The van der Waals surface area contributed by atoms with Crippen molar-refractivity contribution in [1.29, 1.82) is 0 Å². The zero-order chi connectivity index (χ0) is 34.9. The normalized spacial score (nSPS) is 27.1. The summed E-state index contributed by atoms with van der Waals surface area (Å²) in [5.74, 6) is 5.51. The van der Waals surface area contributed by atoms with Gasteiger partial charge in [0.25, 0.3) is 0 Å². The summed E-state index contributed by atoms with van der Waals surface area (Å²) in [7, 11) is 0. The maximum absolute atomic E-state index is 13.8. The molecule has 10 rings (SSSR count). The molecule has 2 aliphatic heterocycles.